The smallest absolute Gasteiger partial charge is 0.282 e. The molecular formula is C25H27FN3O3S+. The summed E-state index contributed by atoms with van der Waals surface area (Å²) in [6, 6.07) is 22.5. The number of para-hydroxylation sites is 1. The molecule has 1 fully saturated rings. The highest BCUT2D eigenvalue weighted by atomic mass is 32.2. The van der Waals surface area contributed by atoms with Crippen LogP contribution in [0.3, 0.4) is 0 Å². The summed E-state index contributed by atoms with van der Waals surface area (Å²) in [6.45, 7) is 3.22. The second-order valence-electron chi connectivity index (χ2n) is 8.12. The van der Waals surface area contributed by atoms with Crippen LogP contribution < -0.4 is 10.2 Å². The van der Waals surface area contributed by atoms with Crippen LogP contribution in [0.1, 0.15) is 6.92 Å². The van der Waals surface area contributed by atoms with E-state index in [2.05, 4.69) is 5.32 Å². The summed E-state index contributed by atoms with van der Waals surface area (Å²) < 4.78 is 41.0. The van der Waals surface area contributed by atoms with E-state index in [4.69, 9.17) is 0 Å². The fraction of sp³-hybridized carbons (Fsp3) is 0.240. The van der Waals surface area contributed by atoms with Crippen molar-refractivity contribution in [3.05, 3.63) is 84.7 Å². The molecule has 1 aliphatic heterocycles. The minimum absolute atomic E-state index is 0.126. The van der Waals surface area contributed by atoms with Gasteiger partial charge in [0.1, 0.15) is 10.7 Å². The number of nitrogens with zero attached hydrogens (tertiary/aromatic N) is 1. The summed E-state index contributed by atoms with van der Waals surface area (Å²) in [5, 5.41) is 3.04. The number of halogens is 1. The highest BCUT2D eigenvalue weighted by Gasteiger charge is 2.35. The minimum Gasteiger partial charge on any atom is -0.323 e. The number of hydrogen-bond acceptors (Lipinski definition) is 3. The molecule has 1 amide bonds. The van der Waals surface area contributed by atoms with Gasteiger partial charge in [0.15, 0.2) is 6.04 Å². The van der Waals surface area contributed by atoms with Crippen LogP contribution in [-0.4, -0.2) is 50.9 Å². The third kappa shape index (κ3) is 4.98. The van der Waals surface area contributed by atoms with Gasteiger partial charge < -0.3 is 10.2 Å². The molecule has 0 aliphatic carbocycles. The molecule has 1 saturated heterocycles. The van der Waals surface area contributed by atoms with Crippen LogP contribution in [0.25, 0.3) is 11.1 Å². The Bertz CT molecular complexity index is 1230. The number of hydrogen-bond donors (Lipinski definition) is 2. The van der Waals surface area contributed by atoms with Crippen molar-refractivity contribution in [1.29, 1.82) is 0 Å². The first-order valence-corrected chi connectivity index (χ1v) is 12.4. The standard InChI is InChI=1S/C25H26FN3O3S/c1-19(25(30)27-23-13-7-5-11-21(23)20-9-3-2-4-10-20)28-15-17-29(18-16-28)33(31,32)24-14-8-6-12-22(24)26/h2-14,19H,15-18H2,1H3,(H,27,30)/p+1/t19-/m1/s1. The number of benzene rings is 3. The van der Waals surface area contributed by atoms with Crippen molar-refractivity contribution in [3.63, 3.8) is 0 Å². The zero-order valence-electron chi connectivity index (χ0n) is 18.4. The number of nitrogens with one attached hydrogen (secondary N) is 2. The number of piperazine rings is 1. The lowest BCUT2D eigenvalue weighted by Gasteiger charge is -2.34. The van der Waals surface area contributed by atoms with Gasteiger partial charge in [-0.1, -0.05) is 60.7 Å². The Hall–Kier alpha value is -3.07. The number of quaternary nitrogens is 1. The Morgan fingerprint density at radius 3 is 2.24 bits per heavy atom. The van der Waals surface area contributed by atoms with E-state index in [0.717, 1.165) is 27.8 Å². The molecule has 0 unspecified atom stereocenters. The Morgan fingerprint density at radius 2 is 1.55 bits per heavy atom. The predicted molar refractivity (Wildman–Crippen MR) is 126 cm³/mol. The lowest BCUT2D eigenvalue weighted by atomic mass is 10.0. The van der Waals surface area contributed by atoms with Crippen LogP contribution in [0, 0.1) is 5.82 Å². The van der Waals surface area contributed by atoms with Gasteiger partial charge in [0.25, 0.3) is 5.91 Å². The average Bonchev–Trinajstić information content (AvgIpc) is 2.84. The number of carbonyl (C=O) groups excluding carboxylic acids is 1. The van der Waals surface area contributed by atoms with Gasteiger partial charge in [0, 0.05) is 11.3 Å². The summed E-state index contributed by atoms with van der Waals surface area (Å²) >= 11 is 0. The average molecular weight is 469 g/mol. The number of amides is 1. The zero-order valence-corrected chi connectivity index (χ0v) is 19.2. The van der Waals surface area contributed by atoms with Gasteiger partial charge in [0.2, 0.25) is 10.0 Å². The molecule has 8 heteroatoms. The van der Waals surface area contributed by atoms with Crippen LogP contribution in [0.2, 0.25) is 0 Å². The number of sulfonamides is 1. The van der Waals surface area contributed by atoms with E-state index >= 15 is 0 Å². The molecule has 0 spiro atoms. The maximum atomic E-state index is 14.0. The van der Waals surface area contributed by atoms with E-state index < -0.39 is 15.8 Å². The van der Waals surface area contributed by atoms with Crippen LogP contribution in [0.4, 0.5) is 10.1 Å². The van der Waals surface area contributed by atoms with E-state index in [1.54, 1.807) is 0 Å². The molecular weight excluding hydrogens is 441 g/mol. The predicted octanol–water partition coefficient (Wildman–Crippen LogP) is 2.41. The van der Waals surface area contributed by atoms with Crippen LogP contribution in [-0.2, 0) is 14.8 Å². The molecule has 0 radical (unpaired) electrons. The summed E-state index contributed by atoms with van der Waals surface area (Å²) in [6.07, 6.45) is 0. The molecule has 2 N–H and O–H groups in total. The topological polar surface area (TPSA) is 70.9 Å². The summed E-state index contributed by atoms with van der Waals surface area (Å²) in [4.78, 5) is 13.7. The lowest BCUT2D eigenvalue weighted by molar-refractivity contribution is -0.917. The SMILES string of the molecule is C[C@H](C(=O)Nc1ccccc1-c1ccccc1)[NH+]1CCN(S(=O)(=O)c2ccccc2F)CC1. The third-order valence-corrected chi connectivity index (χ3v) is 8.03. The molecule has 1 heterocycles. The number of rotatable bonds is 6. The van der Waals surface area contributed by atoms with Crippen LogP contribution >= 0.6 is 0 Å². The van der Waals surface area contributed by atoms with E-state index in [9.17, 15) is 17.6 Å². The maximum absolute atomic E-state index is 14.0. The van der Waals surface area contributed by atoms with Gasteiger partial charge in [-0.2, -0.15) is 4.31 Å². The molecule has 0 aromatic heterocycles. The second kappa shape index (κ2) is 9.82. The molecule has 4 rings (SSSR count). The van der Waals surface area contributed by atoms with Crippen molar-refractivity contribution < 1.29 is 22.5 Å². The van der Waals surface area contributed by atoms with Gasteiger partial charge in [-0.15, -0.1) is 0 Å². The normalized spacial score (nSPS) is 16.3. The van der Waals surface area contributed by atoms with Crippen molar-refractivity contribution in [3.8, 4) is 11.1 Å². The Kier molecular flexibility index (Phi) is 6.88. The van der Waals surface area contributed by atoms with Crippen molar-refractivity contribution in [1.82, 2.24) is 4.31 Å². The maximum Gasteiger partial charge on any atom is 0.282 e. The van der Waals surface area contributed by atoms with Gasteiger partial charge in [-0.25, -0.2) is 12.8 Å². The zero-order chi connectivity index (χ0) is 23.4. The molecule has 0 saturated carbocycles. The summed E-state index contributed by atoms with van der Waals surface area (Å²) in [7, 11) is -3.90. The summed E-state index contributed by atoms with van der Waals surface area (Å²) in [5.41, 5.74) is 2.69. The van der Waals surface area contributed by atoms with Gasteiger partial charge in [-0.3, -0.25) is 4.79 Å². The molecule has 3 aromatic carbocycles. The second-order valence-corrected chi connectivity index (χ2v) is 10.0. The molecule has 1 aliphatic rings. The molecule has 172 valence electrons. The quantitative estimate of drug-likeness (QED) is 0.584. The minimum atomic E-state index is -3.90. The van der Waals surface area contributed by atoms with E-state index in [0.29, 0.717) is 13.1 Å². The fourth-order valence-electron chi connectivity index (χ4n) is 4.13. The molecule has 33 heavy (non-hydrogen) atoms. The molecule has 3 aromatic rings. The highest BCUT2D eigenvalue weighted by Crippen LogP contribution is 2.27. The van der Waals surface area contributed by atoms with E-state index in [1.807, 2.05) is 61.5 Å². The largest absolute Gasteiger partial charge is 0.323 e. The van der Waals surface area contributed by atoms with Crippen molar-refractivity contribution in [2.45, 2.75) is 17.9 Å². The first kappa shape index (κ1) is 23.1. The van der Waals surface area contributed by atoms with Crippen LogP contribution in [0.5, 0.6) is 0 Å². The van der Waals surface area contributed by atoms with E-state index in [1.165, 1.54) is 22.5 Å². The Balaban J connectivity index is 1.41. The lowest BCUT2D eigenvalue weighted by Crippen LogP contribution is -3.19. The van der Waals surface area contributed by atoms with Crippen molar-refractivity contribution in [2.75, 3.05) is 31.5 Å². The first-order chi connectivity index (χ1) is 15.9. The Morgan fingerprint density at radius 1 is 0.939 bits per heavy atom. The van der Waals surface area contributed by atoms with Crippen LogP contribution in [0.15, 0.2) is 83.8 Å². The Labute approximate surface area is 193 Å². The van der Waals surface area contributed by atoms with Crippen molar-refractivity contribution >= 4 is 21.6 Å². The number of anilines is 1. The van der Waals surface area contributed by atoms with Gasteiger partial charge in [0.05, 0.1) is 26.2 Å². The van der Waals surface area contributed by atoms with E-state index in [-0.39, 0.29) is 29.9 Å². The fourth-order valence-corrected chi connectivity index (χ4v) is 5.63. The highest BCUT2D eigenvalue weighted by molar-refractivity contribution is 7.89. The molecule has 0 bridgehead atoms. The van der Waals surface area contributed by atoms with Gasteiger partial charge in [-0.05, 0) is 30.7 Å². The monoisotopic (exact) mass is 468 g/mol. The third-order valence-electron chi connectivity index (χ3n) is 6.09. The summed E-state index contributed by atoms with van der Waals surface area (Å²) in [5.74, 6) is -0.879. The number of carbonyl (C=O) groups is 1. The molecule has 1 atom stereocenters. The first-order valence-electron chi connectivity index (χ1n) is 10.9. The molecule has 6 nitrogen and oxygen atoms in total. The van der Waals surface area contributed by atoms with Gasteiger partial charge >= 0.3 is 0 Å². The van der Waals surface area contributed by atoms with Crippen molar-refractivity contribution in [2.24, 2.45) is 0 Å².